The largest absolute Gasteiger partial charge is 0.346 e. The number of hydrogen-bond donors (Lipinski definition) is 0. The Morgan fingerprint density at radius 2 is 2.30 bits per heavy atom. The second-order valence-electron chi connectivity index (χ2n) is 5.79. The van der Waals surface area contributed by atoms with E-state index in [0.29, 0.717) is 12.2 Å². The van der Waals surface area contributed by atoms with Gasteiger partial charge in [0.25, 0.3) is 0 Å². The van der Waals surface area contributed by atoms with E-state index in [1.54, 1.807) is 6.26 Å². The quantitative estimate of drug-likeness (QED) is 0.729. The Labute approximate surface area is 122 Å². The van der Waals surface area contributed by atoms with Crippen LogP contribution in [-0.2, 0) is 19.1 Å². The maximum atomic E-state index is 12.5. The number of ether oxygens (including phenoxy) is 2. The summed E-state index contributed by atoms with van der Waals surface area (Å²) in [4.78, 5) is 24.8. The summed E-state index contributed by atoms with van der Waals surface area (Å²) in [6, 6.07) is 0. The van der Waals surface area contributed by atoms with Crippen molar-refractivity contribution in [2.24, 2.45) is 17.3 Å². The Kier molecular flexibility index (Phi) is 3.19. The molecule has 0 aromatic rings. The SMILES string of the molecule is CO[C@]12OC[C@@H]3C=CC[C@](C)(C(C(=O)SC)=CC1=O)[C@@H]32. The highest BCUT2D eigenvalue weighted by atomic mass is 32.2. The van der Waals surface area contributed by atoms with Gasteiger partial charge >= 0.3 is 0 Å². The first-order valence-electron chi connectivity index (χ1n) is 6.70. The first-order valence-corrected chi connectivity index (χ1v) is 7.93. The number of carbonyl (C=O) groups excluding carboxylic acids is 2. The Morgan fingerprint density at radius 1 is 1.55 bits per heavy atom. The minimum Gasteiger partial charge on any atom is -0.346 e. The van der Waals surface area contributed by atoms with E-state index in [0.717, 1.165) is 18.2 Å². The lowest BCUT2D eigenvalue weighted by atomic mass is 9.57. The zero-order valence-corrected chi connectivity index (χ0v) is 12.7. The van der Waals surface area contributed by atoms with Crippen molar-refractivity contribution in [1.29, 1.82) is 0 Å². The van der Waals surface area contributed by atoms with Crippen molar-refractivity contribution in [2.45, 2.75) is 19.1 Å². The fraction of sp³-hybridized carbons (Fsp3) is 0.600. The molecule has 20 heavy (non-hydrogen) atoms. The smallest absolute Gasteiger partial charge is 0.237 e. The monoisotopic (exact) mass is 294 g/mol. The molecule has 4 atom stereocenters. The van der Waals surface area contributed by atoms with E-state index < -0.39 is 11.2 Å². The summed E-state index contributed by atoms with van der Waals surface area (Å²) in [6.07, 6.45) is 8.10. The Hall–Kier alpha value is -0.910. The van der Waals surface area contributed by atoms with E-state index in [1.165, 1.54) is 13.2 Å². The van der Waals surface area contributed by atoms with Crippen LogP contribution in [0.5, 0.6) is 0 Å². The molecule has 1 saturated heterocycles. The predicted octanol–water partition coefficient (Wildman–Crippen LogP) is 1.96. The maximum absolute atomic E-state index is 12.5. The third-order valence-corrected chi connectivity index (χ3v) is 5.47. The van der Waals surface area contributed by atoms with Gasteiger partial charge < -0.3 is 9.47 Å². The van der Waals surface area contributed by atoms with Crippen molar-refractivity contribution in [3.05, 3.63) is 23.8 Å². The molecular formula is C15H18O4S. The van der Waals surface area contributed by atoms with Gasteiger partial charge in [-0.25, -0.2) is 0 Å². The summed E-state index contributed by atoms with van der Waals surface area (Å²) in [5, 5.41) is -0.0356. The molecule has 5 heteroatoms. The van der Waals surface area contributed by atoms with Crippen LogP contribution < -0.4 is 0 Å². The van der Waals surface area contributed by atoms with Gasteiger partial charge in [0, 0.05) is 29.9 Å². The maximum Gasteiger partial charge on any atom is 0.237 e. The van der Waals surface area contributed by atoms with Gasteiger partial charge in [-0.2, -0.15) is 0 Å². The van der Waals surface area contributed by atoms with Crippen LogP contribution in [0.1, 0.15) is 13.3 Å². The number of methoxy groups -OCH3 is 1. The predicted molar refractivity (Wildman–Crippen MR) is 76.1 cm³/mol. The van der Waals surface area contributed by atoms with Gasteiger partial charge in [-0.3, -0.25) is 9.59 Å². The second-order valence-corrected chi connectivity index (χ2v) is 6.57. The summed E-state index contributed by atoms with van der Waals surface area (Å²) >= 11 is 1.15. The molecular weight excluding hydrogens is 276 g/mol. The van der Waals surface area contributed by atoms with Gasteiger partial charge in [0.15, 0.2) is 0 Å². The van der Waals surface area contributed by atoms with E-state index in [-0.39, 0.29) is 22.7 Å². The van der Waals surface area contributed by atoms with Crippen LogP contribution in [0, 0.1) is 17.3 Å². The van der Waals surface area contributed by atoms with Crippen molar-refractivity contribution >= 4 is 22.7 Å². The highest BCUT2D eigenvalue weighted by Gasteiger charge is 2.65. The molecule has 0 spiro atoms. The van der Waals surface area contributed by atoms with Crippen LogP contribution in [-0.4, -0.2) is 36.7 Å². The lowest BCUT2D eigenvalue weighted by Gasteiger charge is -2.49. The third-order valence-electron chi connectivity index (χ3n) is 4.88. The van der Waals surface area contributed by atoms with Crippen molar-refractivity contribution in [3.63, 3.8) is 0 Å². The van der Waals surface area contributed by atoms with Crippen LogP contribution in [0.4, 0.5) is 0 Å². The molecule has 0 aromatic heterocycles. The number of allylic oxidation sites excluding steroid dienone is 1. The summed E-state index contributed by atoms with van der Waals surface area (Å²) in [6.45, 7) is 2.51. The number of carbonyl (C=O) groups is 2. The Bertz CT molecular complexity index is 538. The summed E-state index contributed by atoms with van der Waals surface area (Å²) in [5.74, 6) is -1.46. The summed E-state index contributed by atoms with van der Waals surface area (Å²) in [7, 11) is 1.51. The van der Waals surface area contributed by atoms with Crippen LogP contribution in [0.3, 0.4) is 0 Å². The molecule has 0 bridgehead atoms. The van der Waals surface area contributed by atoms with Crippen molar-refractivity contribution in [3.8, 4) is 0 Å². The summed E-state index contributed by atoms with van der Waals surface area (Å²) in [5.41, 5.74) is 0.201. The molecule has 0 radical (unpaired) electrons. The van der Waals surface area contributed by atoms with E-state index in [4.69, 9.17) is 9.47 Å². The van der Waals surface area contributed by atoms with E-state index in [1.807, 2.05) is 6.92 Å². The van der Waals surface area contributed by atoms with Crippen LogP contribution >= 0.6 is 11.8 Å². The average molecular weight is 294 g/mol. The number of ketones is 1. The van der Waals surface area contributed by atoms with Crippen molar-refractivity contribution < 1.29 is 19.1 Å². The van der Waals surface area contributed by atoms with Crippen LogP contribution in [0.15, 0.2) is 23.8 Å². The minimum absolute atomic E-state index is 0.0356. The van der Waals surface area contributed by atoms with Crippen LogP contribution in [0.25, 0.3) is 0 Å². The van der Waals surface area contributed by atoms with E-state index >= 15 is 0 Å². The zero-order valence-electron chi connectivity index (χ0n) is 11.8. The first-order chi connectivity index (χ1) is 9.49. The number of rotatable bonds is 2. The lowest BCUT2D eigenvalue weighted by molar-refractivity contribution is -0.222. The molecule has 2 aliphatic carbocycles. The molecule has 1 fully saturated rings. The van der Waals surface area contributed by atoms with Gasteiger partial charge in [-0.1, -0.05) is 30.8 Å². The number of hydrogen-bond acceptors (Lipinski definition) is 5. The molecule has 4 nitrogen and oxygen atoms in total. The van der Waals surface area contributed by atoms with Gasteiger partial charge in [0.1, 0.15) is 0 Å². The van der Waals surface area contributed by atoms with E-state index in [9.17, 15) is 9.59 Å². The first kappa shape index (κ1) is 14.0. The van der Waals surface area contributed by atoms with Gasteiger partial charge in [0.05, 0.1) is 6.61 Å². The minimum atomic E-state index is -1.22. The van der Waals surface area contributed by atoms with Crippen molar-refractivity contribution in [2.75, 3.05) is 20.0 Å². The third kappa shape index (κ3) is 1.57. The summed E-state index contributed by atoms with van der Waals surface area (Å²) < 4.78 is 11.3. The average Bonchev–Trinajstić information content (AvgIpc) is 2.85. The molecule has 0 unspecified atom stereocenters. The molecule has 0 amide bonds. The molecule has 1 aliphatic heterocycles. The molecule has 0 N–H and O–H groups in total. The fourth-order valence-corrected chi connectivity index (χ4v) is 4.46. The Morgan fingerprint density at radius 3 is 2.95 bits per heavy atom. The standard InChI is InChI=1S/C15H18O4S/c1-14-6-4-5-9-8-19-15(18-2,12(9)14)11(16)7-10(14)13(17)20-3/h4-5,7,9,12H,6,8H2,1-3H3/t9-,12+,14+,15-/m0/s1. The highest BCUT2D eigenvalue weighted by molar-refractivity contribution is 8.13. The topological polar surface area (TPSA) is 52.6 Å². The fourth-order valence-electron chi connectivity index (χ4n) is 3.95. The normalized spacial score (nSPS) is 42.4. The molecule has 0 aromatic carbocycles. The van der Waals surface area contributed by atoms with Gasteiger partial charge in [-0.05, 0) is 18.8 Å². The molecule has 108 valence electrons. The molecule has 3 rings (SSSR count). The number of thioether (sulfide) groups is 1. The lowest BCUT2D eigenvalue weighted by Crippen LogP contribution is -2.57. The molecule has 3 aliphatic rings. The van der Waals surface area contributed by atoms with E-state index in [2.05, 4.69) is 12.2 Å². The van der Waals surface area contributed by atoms with Gasteiger partial charge in [-0.15, -0.1) is 0 Å². The molecule has 0 saturated carbocycles. The zero-order chi connectivity index (χ0) is 14.5. The molecule has 1 heterocycles. The highest BCUT2D eigenvalue weighted by Crippen LogP contribution is 2.59. The second kappa shape index (κ2) is 4.55. The van der Waals surface area contributed by atoms with Crippen molar-refractivity contribution in [1.82, 2.24) is 0 Å². The van der Waals surface area contributed by atoms with Gasteiger partial charge in [0.2, 0.25) is 16.7 Å². The van der Waals surface area contributed by atoms with Crippen LogP contribution in [0.2, 0.25) is 0 Å². The Balaban J connectivity index is 2.19.